The minimum absolute atomic E-state index is 0.118. The van der Waals surface area contributed by atoms with Crippen molar-refractivity contribution >= 4 is 23.7 Å². The first-order valence-corrected chi connectivity index (χ1v) is 9.74. The van der Waals surface area contributed by atoms with E-state index < -0.39 is 11.2 Å². The molecule has 0 aliphatic heterocycles. The Kier molecular flexibility index (Phi) is 7.63. The summed E-state index contributed by atoms with van der Waals surface area (Å²) in [6, 6.07) is 8.01. The largest absolute Gasteiger partial charge is 0.481 e. The maximum absolute atomic E-state index is 12.1. The second-order valence-corrected chi connectivity index (χ2v) is 7.38. The number of carbonyl (C=O) groups is 2. The molecular weight excluding hydrogens is 324 g/mol. The monoisotopic (exact) mass is 350 g/mol. The summed E-state index contributed by atoms with van der Waals surface area (Å²) in [6.07, 6.45) is 7.73. The van der Waals surface area contributed by atoms with Crippen molar-refractivity contribution in [1.29, 1.82) is 0 Å². The predicted molar refractivity (Wildman–Crippen MR) is 96.2 cm³/mol. The lowest BCUT2D eigenvalue weighted by Crippen LogP contribution is -2.15. The SMILES string of the molecule is CCOC(=O)C(SCC(=O)O)c1ccc(CC2CCCCC2)cc1. The third kappa shape index (κ3) is 5.86. The standard InChI is InChI=1S/C19H26O4S/c1-2-23-19(22)18(24-13-17(20)21)16-10-8-15(9-11-16)12-14-6-4-3-5-7-14/h8-11,14,18H,2-7,12-13H2,1H3,(H,20,21). The van der Waals surface area contributed by atoms with Gasteiger partial charge in [-0.25, -0.2) is 0 Å². The van der Waals surface area contributed by atoms with Crippen LogP contribution in [0.1, 0.15) is 55.4 Å². The zero-order valence-electron chi connectivity index (χ0n) is 14.2. The summed E-state index contributed by atoms with van der Waals surface area (Å²) in [5, 5.41) is 8.30. The van der Waals surface area contributed by atoms with Crippen LogP contribution in [-0.2, 0) is 20.7 Å². The molecule has 1 N–H and O–H groups in total. The molecule has 0 spiro atoms. The summed E-state index contributed by atoms with van der Waals surface area (Å²) in [6.45, 7) is 2.05. The Bertz CT molecular complexity index is 535. The number of aliphatic carboxylic acids is 1. The predicted octanol–water partition coefficient (Wildman–Crippen LogP) is 4.23. The van der Waals surface area contributed by atoms with Gasteiger partial charge in [-0.2, -0.15) is 0 Å². The van der Waals surface area contributed by atoms with Crippen molar-refractivity contribution in [3.8, 4) is 0 Å². The van der Waals surface area contributed by atoms with Gasteiger partial charge in [-0.15, -0.1) is 11.8 Å². The van der Waals surface area contributed by atoms with E-state index >= 15 is 0 Å². The number of hydrogen-bond donors (Lipinski definition) is 1. The molecule has 0 saturated heterocycles. The third-order valence-electron chi connectivity index (χ3n) is 4.41. The van der Waals surface area contributed by atoms with Crippen molar-refractivity contribution in [3.63, 3.8) is 0 Å². The Morgan fingerprint density at radius 3 is 2.46 bits per heavy atom. The van der Waals surface area contributed by atoms with Crippen LogP contribution in [0.4, 0.5) is 0 Å². The lowest BCUT2D eigenvalue weighted by Gasteiger charge is -2.22. The number of benzene rings is 1. The fourth-order valence-electron chi connectivity index (χ4n) is 3.23. The van der Waals surface area contributed by atoms with Gasteiger partial charge in [0.15, 0.2) is 0 Å². The molecule has 1 unspecified atom stereocenters. The van der Waals surface area contributed by atoms with Gasteiger partial charge in [0.2, 0.25) is 0 Å². The summed E-state index contributed by atoms with van der Waals surface area (Å²) in [5.74, 6) is -0.647. The van der Waals surface area contributed by atoms with E-state index in [0.29, 0.717) is 6.61 Å². The van der Waals surface area contributed by atoms with Gasteiger partial charge in [-0.05, 0) is 30.4 Å². The van der Waals surface area contributed by atoms with Crippen LogP contribution in [0.2, 0.25) is 0 Å². The molecule has 2 rings (SSSR count). The molecule has 0 radical (unpaired) electrons. The van der Waals surface area contributed by atoms with Crippen LogP contribution in [0.25, 0.3) is 0 Å². The summed E-state index contributed by atoms with van der Waals surface area (Å²) in [4.78, 5) is 22.9. The van der Waals surface area contributed by atoms with Gasteiger partial charge >= 0.3 is 11.9 Å². The number of thioether (sulfide) groups is 1. The molecule has 1 aromatic carbocycles. The van der Waals surface area contributed by atoms with E-state index in [9.17, 15) is 9.59 Å². The van der Waals surface area contributed by atoms with Crippen LogP contribution in [-0.4, -0.2) is 29.4 Å². The molecule has 5 heteroatoms. The molecule has 1 fully saturated rings. The van der Waals surface area contributed by atoms with Gasteiger partial charge in [0.1, 0.15) is 5.25 Å². The number of carbonyl (C=O) groups excluding carboxylic acids is 1. The van der Waals surface area contributed by atoms with Gasteiger partial charge in [0.05, 0.1) is 12.4 Å². The second kappa shape index (κ2) is 9.72. The summed E-state index contributed by atoms with van der Waals surface area (Å²) in [5.41, 5.74) is 2.10. The normalized spacial score (nSPS) is 16.5. The summed E-state index contributed by atoms with van der Waals surface area (Å²) < 4.78 is 5.09. The van der Waals surface area contributed by atoms with Crippen molar-refractivity contribution in [1.82, 2.24) is 0 Å². The smallest absolute Gasteiger partial charge is 0.323 e. The van der Waals surface area contributed by atoms with Gasteiger partial charge in [0, 0.05) is 0 Å². The fourth-order valence-corrected chi connectivity index (χ4v) is 4.09. The first-order valence-electron chi connectivity index (χ1n) is 8.69. The number of carboxylic acids is 1. The van der Waals surface area contributed by atoms with E-state index in [1.54, 1.807) is 6.92 Å². The second-order valence-electron chi connectivity index (χ2n) is 6.29. The Balaban J connectivity index is 2.02. The molecule has 0 bridgehead atoms. The highest BCUT2D eigenvalue weighted by molar-refractivity contribution is 8.00. The van der Waals surface area contributed by atoms with Gasteiger partial charge < -0.3 is 9.84 Å². The van der Waals surface area contributed by atoms with Gasteiger partial charge in [0.25, 0.3) is 0 Å². The van der Waals surface area contributed by atoms with E-state index in [0.717, 1.165) is 29.7 Å². The Labute approximate surface area is 148 Å². The van der Waals surface area contributed by atoms with Gasteiger partial charge in [-0.3, -0.25) is 9.59 Å². The van der Waals surface area contributed by atoms with Crippen molar-refractivity contribution in [3.05, 3.63) is 35.4 Å². The molecule has 0 heterocycles. The number of carboxylic acid groups (broad SMARTS) is 1. The molecule has 24 heavy (non-hydrogen) atoms. The van der Waals surface area contributed by atoms with E-state index in [-0.39, 0.29) is 11.7 Å². The topological polar surface area (TPSA) is 63.6 Å². The fraction of sp³-hybridized carbons (Fsp3) is 0.579. The number of hydrogen-bond acceptors (Lipinski definition) is 4. The third-order valence-corrected chi connectivity index (χ3v) is 5.62. The van der Waals surface area contributed by atoms with Crippen LogP contribution < -0.4 is 0 Å². The van der Waals surface area contributed by atoms with Crippen LogP contribution in [0, 0.1) is 5.92 Å². The maximum atomic E-state index is 12.1. The minimum Gasteiger partial charge on any atom is -0.481 e. The average Bonchev–Trinajstić information content (AvgIpc) is 2.57. The van der Waals surface area contributed by atoms with Crippen molar-refractivity contribution in [2.24, 2.45) is 5.92 Å². The maximum Gasteiger partial charge on any atom is 0.323 e. The molecule has 0 amide bonds. The molecule has 1 aromatic rings. The minimum atomic E-state index is -0.928. The Morgan fingerprint density at radius 1 is 1.21 bits per heavy atom. The molecule has 132 valence electrons. The van der Waals surface area contributed by atoms with E-state index in [1.165, 1.54) is 37.7 Å². The van der Waals surface area contributed by atoms with Crippen LogP contribution >= 0.6 is 11.8 Å². The summed E-state index contributed by atoms with van der Waals surface area (Å²) in [7, 11) is 0. The first kappa shape index (κ1) is 18.8. The molecular formula is C19H26O4S. The number of esters is 1. The van der Waals surface area contributed by atoms with Crippen molar-refractivity contribution in [2.45, 2.75) is 50.7 Å². The molecule has 1 atom stereocenters. The van der Waals surface area contributed by atoms with Gasteiger partial charge in [-0.1, -0.05) is 56.4 Å². The quantitative estimate of drug-likeness (QED) is 0.711. The highest BCUT2D eigenvalue weighted by Gasteiger charge is 2.24. The molecule has 4 nitrogen and oxygen atoms in total. The van der Waals surface area contributed by atoms with Crippen molar-refractivity contribution in [2.75, 3.05) is 12.4 Å². The number of rotatable bonds is 8. The highest BCUT2D eigenvalue weighted by atomic mass is 32.2. The van der Waals surface area contributed by atoms with Crippen LogP contribution in [0.3, 0.4) is 0 Å². The Morgan fingerprint density at radius 2 is 1.88 bits per heavy atom. The molecule has 1 aliphatic rings. The average molecular weight is 350 g/mol. The zero-order chi connectivity index (χ0) is 17.4. The lowest BCUT2D eigenvalue weighted by molar-refractivity contribution is -0.142. The zero-order valence-corrected chi connectivity index (χ0v) is 15.0. The summed E-state index contributed by atoms with van der Waals surface area (Å²) >= 11 is 1.10. The Hall–Kier alpha value is -1.49. The van der Waals surface area contributed by atoms with E-state index in [4.69, 9.17) is 9.84 Å². The van der Waals surface area contributed by atoms with E-state index in [2.05, 4.69) is 12.1 Å². The highest BCUT2D eigenvalue weighted by Crippen LogP contribution is 2.31. The van der Waals surface area contributed by atoms with Crippen LogP contribution in [0.5, 0.6) is 0 Å². The molecule has 0 aromatic heterocycles. The van der Waals surface area contributed by atoms with Crippen LogP contribution in [0.15, 0.2) is 24.3 Å². The number of ether oxygens (including phenoxy) is 1. The van der Waals surface area contributed by atoms with Crippen molar-refractivity contribution < 1.29 is 19.4 Å². The van der Waals surface area contributed by atoms with E-state index in [1.807, 2.05) is 12.1 Å². The lowest BCUT2D eigenvalue weighted by atomic mass is 9.85. The molecule has 1 aliphatic carbocycles. The first-order chi connectivity index (χ1) is 11.6. The molecule has 1 saturated carbocycles.